The number of carbonyl (C=O) groups excluding carboxylic acids is 1. The van der Waals surface area contributed by atoms with E-state index in [4.69, 9.17) is 12.2 Å². The van der Waals surface area contributed by atoms with Crippen LogP contribution in [0.5, 0.6) is 0 Å². The second-order valence-corrected chi connectivity index (χ2v) is 8.12. The molecule has 3 rings (SSSR count). The van der Waals surface area contributed by atoms with Gasteiger partial charge in [0.15, 0.2) is 0 Å². The van der Waals surface area contributed by atoms with Crippen molar-refractivity contribution in [1.82, 2.24) is 15.3 Å². The minimum atomic E-state index is -0.415. The summed E-state index contributed by atoms with van der Waals surface area (Å²) in [6.07, 6.45) is 1.65. The molecule has 5 nitrogen and oxygen atoms in total. The van der Waals surface area contributed by atoms with E-state index >= 15 is 0 Å². The first-order chi connectivity index (χ1) is 14.8. The topological polar surface area (TPSA) is 38.8 Å². The summed E-state index contributed by atoms with van der Waals surface area (Å²) in [5.41, 5.74) is 4.01. The van der Waals surface area contributed by atoms with E-state index in [-0.39, 0.29) is 12.5 Å². The van der Waals surface area contributed by atoms with Gasteiger partial charge in [-0.2, -0.15) is 0 Å². The molecule has 0 atom stereocenters. The molecule has 0 spiro atoms. The van der Waals surface area contributed by atoms with Crippen molar-refractivity contribution in [2.45, 2.75) is 20.0 Å². The van der Waals surface area contributed by atoms with E-state index in [1.807, 2.05) is 17.1 Å². The van der Waals surface area contributed by atoms with E-state index in [1.54, 1.807) is 42.1 Å². The zero-order chi connectivity index (χ0) is 22.5. The molecule has 2 aromatic rings. The van der Waals surface area contributed by atoms with Gasteiger partial charge in [-0.05, 0) is 41.8 Å². The number of thiocarbonyl (C=S) groups is 1. The fourth-order valence-corrected chi connectivity index (χ4v) is 3.71. The number of anilines is 1. The molecule has 1 heterocycles. The molecule has 162 valence electrons. The molecule has 1 amide bonds. The molecule has 0 aromatic heterocycles. The summed E-state index contributed by atoms with van der Waals surface area (Å²) in [5.74, 6) is -0.548. The van der Waals surface area contributed by atoms with Crippen LogP contribution in [-0.4, -0.2) is 41.1 Å². The molecule has 1 N–H and O–H groups in total. The Morgan fingerprint density at radius 2 is 1.90 bits per heavy atom. The van der Waals surface area contributed by atoms with Gasteiger partial charge in [0.1, 0.15) is 5.82 Å². The van der Waals surface area contributed by atoms with Crippen LogP contribution in [0.4, 0.5) is 10.1 Å². The lowest BCUT2D eigenvalue weighted by Gasteiger charge is -2.31. The Morgan fingerprint density at radius 1 is 1.26 bits per heavy atom. The van der Waals surface area contributed by atoms with E-state index in [2.05, 4.69) is 30.6 Å². The van der Waals surface area contributed by atoms with Crippen LogP contribution in [0, 0.1) is 5.82 Å². The molecule has 0 saturated heterocycles. The van der Waals surface area contributed by atoms with Crippen molar-refractivity contribution in [1.29, 1.82) is 0 Å². The van der Waals surface area contributed by atoms with Crippen molar-refractivity contribution in [2.75, 3.05) is 25.0 Å². The van der Waals surface area contributed by atoms with Crippen LogP contribution in [0.3, 0.4) is 0 Å². The number of hydrazine groups is 1. The normalized spacial score (nSPS) is 12.7. The minimum Gasteiger partial charge on any atom is -0.356 e. The molecule has 2 aromatic carbocycles. The van der Waals surface area contributed by atoms with Gasteiger partial charge in [0.05, 0.1) is 17.2 Å². The van der Waals surface area contributed by atoms with Crippen LogP contribution < -0.4 is 10.2 Å². The second kappa shape index (κ2) is 9.85. The van der Waals surface area contributed by atoms with Crippen molar-refractivity contribution >= 4 is 34.5 Å². The van der Waals surface area contributed by atoms with Crippen molar-refractivity contribution in [3.05, 3.63) is 84.2 Å². The largest absolute Gasteiger partial charge is 0.356 e. The average molecular weight is 439 g/mol. The number of carbonyl (C=O) groups is 1. The van der Waals surface area contributed by atoms with Crippen LogP contribution in [0.15, 0.2) is 61.7 Å². The lowest BCUT2D eigenvalue weighted by atomic mass is 10.1. The first-order valence-corrected chi connectivity index (χ1v) is 10.4. The Morgan fingerprint density at radius 3 is 2.48 bits per heavy atom. The second-order valence-electron chi connectivity index (χ2n) is 7.50. The zero-order valence-corrected chi connectivity index (χ0v) is 18.7. The van der Waals surface area contributed by atoms with Crippen LogP contribution in [-0.2, 0) is 17.9 Å². The van der Waals surface area contributed by atoms with Crippen LogP contribution in [0.25, 0.3) is 5.70 Å². The quantitative estimate of drug-likeness (QED) is 0.496. The minimum absolute atomic E-state index is 0.0157. The SMILES string of the molecule is C=CCN(CC(=O)N(C)N1Cc2ccccc2C1)c1cc(C(=C)NC(C)=S)ccc1F. The smallest absolute Gasteiger partial charge is 0.256 e. The van der Waals surface area contributed by atoms with E-state index in [1.165, 1.54) is 17.2 Å². The highest BCUT2D eigenvalue weighted by atomic mass is 32.1. The van der Waals surface area contributed by atoms with Gasteiger partial charge in [0, 0.05) is 32.4 Å². The highest BCUT2D eigenvalue weighted by molar-refractivity contribution is 7.80. The van der Waals surface area contributed by atoms with Crippen molar-refractivity contribution in [3.63, 3.8) is 0 Å². The third-order valence-corrected chi connectivity index (χ3v) is 5.35. The van der Waals surface area contributed by atoms with E-state index < -0.39 is 5.82 Å². The molecular weight excluding hydrogens is 411 g/mol. The van der Waals surface area contributed by atoms with Crippen LogP contribution in [0.2, 0.25) is 0 Å². The number of benzene rings is 2. The third-order valence-electron chi connectivity index (χ3n) is 5.25. The maximum atomic E-state index is 14.7. The molecule has 7 heteroatoms. The number of nitrogens with one attached hydrogen (secondary N) is 1. The third kappa shape index (κ3) is 5.37. The number of rotatable bonds is 8. The Bertz CT molecular complexity index is 997. The molecule has 31 heavy (non-hydrogen) atoms. The number of likely N-dealkylation sites (N-methyl/N-ethyl adjacent to an activating group) is 1. The first kappa shape index (κ1) is 22.7. The lowest BCUT2D eigenvalue weighted by Crippen LogP contribution is -2.46. The van der Waals surface area contributed by atoms with Crippen LogP contribution >= 0.6 is 12.2 Å². The Kier molecular flexibility index (Phi) is 7.20. The zero-order valence-electron chi connectivity index (χ0n) is 17.9. The lowest BCUT2D eigenvalue weighted by molar-refractivity contribution is -0.145. The number of hydrogen-bond acceptors (Lipinski definition) is 4. The van der Waals surface area contributed by atoms with Gasteiger partial charge in [-0.15, -0.1) is 6.58 Å². The standard InChI is InChI=1S/C24H27FN4OS/c1-5-12-28(23-13-19(10-11-22(23)25)17(2)26-18(3)31)16-24(30)27(4)29-14-20-8-6-7-9-21(20)15-29/h5-11,13H,1-2,12,14-16H2,3-4H3,(H,26,31). The van der Waals surface area contributed by atoms with E-state index in [0.717, 1.165) is 0 Å². The molecule has 0 saturated carbocycles. The first-order valence-electron chi connectivity index (χ1n) is 10.0. The molecule has 1 aliphatic heterocycles. The number of nitrogens with zero attached hydrogens (tertiary/aromatic N) is 3. The molecule has 0 bridgehead atoms. The monoisotopic (exact) mass is 438 g/mol. The molecular formula is C24H27FN4OS. The fourth-order valence-electron chi connectivity index (χ4n) is 3.58. The predicted molar refractivity (Wildman–Crippen MR) is 128 cm³/mol. The molecule has 0 unspecified atom stereocenters. The number of amides is 1. The Hall–Kier alpha value is -3.03. The van der Waals surface area contributed by atoms with Gasteiger partial charge < -0.3 is 10.2 Å². The number of fused-ring (bicyclic) bond motifs is 1. The van der Waals surface area contributed by atoms with Gasteiger partial charge in [-0.1, -0.05) is 49.1 Å². The van der Waals surface area contributed by atoms with Gasteiger partial charge >= 0.3 is 0 Å². The van der Waals surface area contributed by atoms with E-state index in [9.17, 15) is 9.18 Å². The van der Waals surface area contributed by atoms with Crippen molar-refractivity contribution in [3.8, 4) is 0 Å². The summed E-state index contributed by atoms with van der Waals surface area (Å²) in [6, 6.07) is 12.8. The Balaban J connectivity index is 1.76. The predicted octanol–water partition coefficient (Wildman–Crippen LogP) is 4.11. The number of halogens is 1. The van der Waals surface area contributed by atoms with Gasteiger partial charge in [0.25, 0.3) is 5.91 Å². The summed E-state index contributed by atoms with van der Waals surface area (Å²) < 4.78 is 14.7. The molecule has 0 fully saturated rings. The van der Waals surface area contributed by atoms with Gasteiger partial charge in [-0.25, -0.2) is 9.40 Å². The summed E-state index contributed by atoms with van der Waals surface area (Å²) in [7, 11) is 1.75. The number of hydrogen-bond donors (Lipinski definition) is 1. The highest BCUT2D eigenvalue weighted by Crippen LogP contribution is 2.26. The summed E-state index contributed by atoms with van der Waals surface area (Å²) in [6.45, 7) is 11.2. The van der Waals surface area contributed by atoms with Crippen molar-refractivity contribution in [2.24, 2.45) is 0 Å². The summed E-state index contributed by atoms with van der Waals surface area (Å²) >= 11 is 5.06. The summed E-state index contributed by atoms with van der Waals surface area (Å²) in [5, 5.41) is 6.58. The van der Waals surface area contributed by atoms with Crippen molar-refractivity contribution < 1.29 is 9.18 Å². The van der Waals surface area contributed by atoms with E-state index in [0.29, 0.717) is 41.6 Å². The maximum Gasteiger partial charge on any atom is 0.256 e. The summed E-state index contributed by atoms with van der Waals surface area (Å²) in [4.78, 5) is 15.3. The van der Waals surface area contributed by atoms with Gasteiger partial charge in [-0.3, -0.25) is 9.80 Å². The maximum absolute atomic E-state index is 14.7. The average Bonchev–Trinajstić information content (AvgIpc) is 3.17. The fraction of sp³-hybridized carbons (Fsp3) is 0.250. The van der Waals surface area contributed by atoms with Gasteiger partial charge in [0.2, 0.25) is 0 Å². The molecule has 1 aliphatic rings. The Labute approximate surface area is 188 Å². The van der Waals surface area contributed by atoms with Crippen LogP contribution in [0.1, 0.15) is 23.6 Å². The molecule has 0 aliphatic carbocycles. The highest BCUT2D eigenvalue weighted by Gasteiger charge is 2.26. The molecule has 0 radical (unpaired) electrons.